The van der Waals surface area contributed by atoms with E-state index < -0.39 is 48.3 Å². The quantitative estimate of drug-likeness (QED) is 0.0236. The molecule has 11 atom stereocenters. The van der Waals surface area contributed by atoms with Gasteiger partial charge in [-0.05, 0) is 131 Å². The zero-order valence-corrected chi connectivity index (χ0v) is 92.8. The molecular formula is C108H180N8O28S2. The number of amides is 6. The number of fused-ring (bicyclic) bond motifs is 1. The van der Waals surface area contributed by atoms with Crippen molar-refractivity contribution in [2.24, 2.45) is 35.5 Å². The number of methoxy groups -OCH3 is 4. The van der Waals surface area contributed by atoms with Crippen LogP contribution in [-0.2, 0) is 137 Å². The van der Waals surface area contributed by atoms with E-state index >= 15 is 0 Å². The number of benzene rings is 3. The number of unbranched alkanes of at least 4 members (excludes halogenated alkanes) is 1. The van der Waals surface area contributed by atoms with Gasteiger partial charge in [-0.25, -0.2) is 14.8 Å². The van der Waals surface area contributed by atoms with Gasteiger partial charge < -0.3 is 121 Å². The number of aromatic nitrogens is 2. The van der Waals surface area contributed by atoms with Crippen LogP contribution >= 0.6 is 23.5 Å². The van der Waals surface area contributed by atoms with Crippen molar-refractivity contribution in [3.63, 3.8) is 0 Å². The maximum Gasteiger partial charge on any atom is 0.410 e. The number of aliphatic hydroxyl groups excluding tert-OH is 1. The number of likely N-dealkylation sites (tertiary alicyclic amines) is 1. The average Bonchev–Trinajstić information content (AvgIpc) is 1.31. The molecule has 4 N–H and O–H groups in total. The average molecular weight is 2100 g/mol. The minimum absolute atomic E-state index is 0.00970. The summed E-state index contributed by atoms with van der Waals surface area (Å²) in [5.74, 6) is 0.0799. The van der Waals surface area contributed by atoms with Gasteiger partial charge in [-0.1, -0.05) is 118 Å². The highest BCUT2D eigenvalue weighted by Crippen LogP contribution is 2.32. The first-order chi connectivity index (χ1) is 70.5. The molecule has 1 saturated heterocycles. The molecule has 36 nitrogen and oxygen atoms in total. The Bertz CT molecular complexity index is 4140. The van der Waals surface area contributed by atoms with E-state index in [4.69, 9.17) is 95.2 Å². The maximum atomic E-state index is 13.9. The summed E-state index contributed by atoms with van der Waals surface area (Å²) in [6.07, 6.45) is 9.41. The van der Waals surface area contributed by atoms with Gasteiger partial charge in [0.15, 0.2) is 11.6 Å². The van der Waals surface area contributed by atoms with Gasteiger partial charge in [-0.2, -0.15) is 23.5 Å². The molecule has 5 rings (SSSR count). The van der Waals surface area contributed by atoms with Crippen molar-refractivity contribution in [2.75, 3.05) is 258 Å². The number of rotatable bonds is 84. The van der Waals surface area contributed by atoms with Gasteiger partial charge in [0.05, 0.1) is 249 Å². The number of aliphatic hydroxyl groups is 1. The number of thioether (sulfide) groups is 2. The Kier molecular flexibility index (Phi) is 75.7. The van der Waals surface area contributed by atoms with Crippen LogP contribution < -0.4 is 16.0 Å². The minimum atomic E-state index is -0.847. The molecule has 0 bridgehead atoms. The Morgan fingerprint density at radius 1 is 0.527 bits per heavy atom. The molecule has 2 heterocycles. The zero-order valence-electron chi connectivity index (χ0n) is 91.2. The van der Waals surface area contributed by atoms with E-state index in [-0.39, 0.29) is 128 Å². The van der Waals surface area contributed by atoms with Crippen LogP contribution in [0.1, 0.15) is 205 Å². The van der Waals surface area contributed by atoms with Crippen molar-refractivity contribution in [2.45, 2.75) is 227 Å². The van der Waals surface area contributed by atoms with Crippen LogP contribution in [0, 0.1) is 35.5 Å². The molecule has 0 radical (unpaired) electrons. The lowest BCUT2D eigenvalue weighted by atomic mass is 9.87. The van der Waals surface area contributed by atoms with Crippen LogP contribution in [0.15, 0.2) is 72.8 Å². The first kappa shape index (κ1) is 133. The number of carbonyl (C=O) groups is 9. The predicted octanol–water partition coefficient (Wildman–Crippen LogP) is 13.5. The summed E-state index contributed by atoms with van der Waals surface area (Å²) in [5.41, 5.74) is 6.40. The molecule has 146 heavy (non-hydrogen) atoms. The number of nitrogens with one attached hydrogen (secondary N) is 3. The molecule has 1 aliphatic rings. The van der Waals surface area contributed by atoms with Gasteiger partial charge >= 0.3 is 6.09 Å². The summed E-state index contributed by atoms with van der Waals surface area (Å²) >= 11 is 3.49. The van der Waals surface area contributed by atoms with Gasteiger partial charge in [-0.15, -0.1) is 0 Å². The number of likely N-dealkylation sites (N-methyl/N-ethyl adjacent to an activating group) is 2. The van der Waals surface area contributed by atoms with Gasteiger partial charge in [0.2, 0.25) is 29.5 Å². The monoisotopic (exact) mass is 2100 g/mol. The number of anilines is 1. The number of ether oxygens (including phenoxy) is 18. The van der Waals surface area contributed by atoms with Crippen molar-refractivity contribution in [3.05, 3.63) is 101 Å². The van der Waals surface area contributed by atoms with Crippen LogP contribution in [0.25, 0.3) is 11.0 Å². The lowest BCUT2D eigenvalue weighted by molar-refractivity contribution is -0.148. The predicted molar refractivity (Wildman–Crippen MR) is 568 cm³/mol. The summed E-state index contributed by atoms with van der Waals surface area (Å²) < 4.78 is 98.4. The molecule has 0 unspecified atom stereocenters. The molecule has 0 aliphatic carbocycles. The molecule has 6 amide bonds. The Balaban J connectivity index is 0.000000656. The van der Waals surface area contributed by atoms with E-state index in [2.05, 4.69) is 63.1 Å². The highest BCUT2D eigenvalue weighted by molar-refractivity contribution is 7.98. The Hall–Kier alpha value is -7.39. The molecule has 0 spiro atoms. The lowest BCUT2D eigenvalue weighted by Gasteiger charge is -2.40. The van der Waals surface area contributed by atoms with E-state index in [0.29, 0.717) is 221 Å². The van der Waals surface area contributed by atoms with Crippen molar-refractivity contribution in [1.29, 1.82) is 0 Å². The number of Topliss-reactive ketones (excluding diaryl/α,β-unsaturated/α-hetero) is 3. The molecule has 0 saturated carbocycles. The minimum Gasteiger partial charge on any atom is -0.445 e. The third-order valence-corrected chi connectivity index (χ3v) is 25.7. The van der Waals surface area contributed by atoms with E-state index in [1.54, 1.807) is 83.1 Å². The molecule has 3 aromatic carbocycles. The zero-order chi connectivity index (χ0) is 107. The summed E-state index contributed by atoms with van der Waals surface area (Å²) in [7, 11) is 9.73. The number of nitrogens with zero attached hydrogens (tertiary/aromatic N) is 5. The van der Waals surface area contributed by atoms with Crippen molar-refractivity contribution >= 4 is 93.2 Å². The highest BCUT2D eigenvalue weighted by Gasteiger charge is 2.43. The van der Waals surface area contributed by atoms with Crippen molar-refractivity contribution in [3.8, 4) is 0 Å². The van der Waals surface area contributed by atoms with Gasteiger partial charge in [0.1, 0.15) is 12.4 Å². The second-order valence-electron chi connectivity index (χ2n) is 36.6. The van der Waals surface area contributed by atoms with Crippen LogP contribution in [0.3, 0.4) is 0 Å². The van der Waals surface area contributed by atoms with E-state index in [1.165, 1.54) is 18.9 Å². The number of hydrogen-bond acceptors (Lipinski definition) is 32. The smallest absolute Gasteiger partial charge is 0.410 e. The van der Waals surface area contributed by atoms with E-state index in [0.717, 1.165) is 84.6 Å². The maximum absolute atomic E-state index is 13.9. The summed E-state index contributed by atoms with van der Waals surface area (Å²) in [5, 5.41) is 19.5. The van der Waals surface area contributed by atoms with Crippen LogP contribution in [0.2, 0.25) is 0 Å². The third-order valence-electron chi connectivity index (χ3n) is 24.6. The van der Waals surface area contributed by atoms with Gasteiger partial charge in [-0.3, -0.25) is 38.4 Å². The van der Waals surface area contributed by atoms with Crippen LogP contribution in [0.5, 0.6) is 0 Å². The number of carbonyl (C=O) groups excluding carboxylic acids is 9. The van der Waals surface area contributed by atoms with Crippen LogP contribution in [0.4, 0.5) is 10.5 Å². The standard InChI is InChI=1S/C54H95N3O20.C35H59N3O6.C19H26N2O2S2/c1-45(2)52(46(3)58)57(4)54(62)77-44-47-10-12-49(13-11-47)56-53(61)48(43-50(59)14-17-63-5)9-7-8-16-55-51(60)15-18-65-21-22-67-25-26-69-29-30-71-33-34-73-37-38-75-41-42-76-40-39-74-36-35-72-32-31-70-28-27-68-24-23-66-20-19-64-6;1-11-23(5)31(37(8)35(42)27(12-2)22(3)4)29(43-9)21-30(39)38-20-16-19-28(38)33(44-10)24(6)34(41)36-25(7)32(40)26-17-14-13-15-18-26;1-4-9-23-10-5-6-19(22)14-7-8-15-16(11-14)21-18(13-25-3)17(20-15)12-24-2/h10-13,45,48,52H,7-9,14-44H2,1-6H3,(H,55,60)(H,56,61);13-15,17-18,22-25,27-29,31-33,40H,11-12,16,19-21H2,1-10H3,(H,36,41);7-8,11H,4-6,9-10,12-13H2,1-3H3/t48-,52+;23-,24+,25+,27-,28-,29+,31-,32+,33+;/m10./s1. The van der Waals surface area contributed by atoms with Crippen LogP contribution in [-0.4, -0.2) is 372 Å². The summed E-state index contributed by atoms with van der Waals surface area (Å²) in [6.45, 7) is 35.5. The largest absolute Gasteiger partial charge is 0.445 e. The van der Waals surface area contributed by atoms with E-state index in [9.17, 15) is 48.3 Å². The van der Waals surface area contributed by atoms with Gasteiger partial charge in [0, 0.05) is 129 Å². The molecule has 1 aromatic heterocycles. The molecule has 4 aromatic rings. The second-order valence-corrected chi connectivity index (χ2v) is 38.3. The topological polar surface area (TPSA) is 412 Å². The fourth-order valence-electron chi connectivity index (χ4n) is 16.5. The molecule has 1 aliphatic heterocycles. The van der Waals surface area contributed by atoms with E-state index in [1.807, 2.05) is 93.1 Å². The summed E-state index contributed by atoms with van der Waals surface area (Å²) in [4.78, 5) is 131. The molecule has 38 heteroatoms. The second kappa shape index (κ2) is 83.3. The van der Waals surface area contributed by atoms with Gasteiger partial charge in [0.25, 0.3) is 0 Å². The molecule has 832 valence electrons. The summed E-state index contributed by atoms with van der Waals surface area (Å²) in [6, 6.07) is 20.1. The number of ketones is 3. The Morgan fingerprint density at radius 3 is 1.50 bits per heavy atom. The first-order valence-corrected chi connectivity index (χ1v) is 54.8. The third kappa shape index (κ3) is 56.1. The molecule has 1 fully saturated rings. The highest BCUT2D eigenvalue weighted by atomic mass is 32.2. The fraction of sp³-hybridized carbons (Fsp3) is 0.731. The van der Waals surface area contributed by atoms with Crippen molar-refractivity contribution in [1.82, 2.24) is 35.3 Å². The SMILES string of the molecule is CCCOCCCC(=O)c1ccc2nc(CSC)c(CSC)nc2c1.CC[C@H](C(=O)N(C)[C@@H]([C@@H](C)CC)[C@@H](CC(=O)N1CCC[C@H]1[C@H](OC)[C@@H](C)C(=O)N[C@H](C)[C@@H](O)c1ccccc1)OC)C(C)C.COCCOCCOCCOCCOCCOCCOCCOCCOCCOCCOCCOCCOCCC(=O)NCCCC[C@H](CC(=O)CCOC)C(=O)Nc1ccc(COC(=O)N(C)[C@H](C(C)=O)C(C)C)cc1. The lowest BCUT2D eigenvalue weighted by Crippen LogP contribution is -2.54. The molecular weight excluding hydrogens is 1920 g/mol. The van der Waals surface area contributed by atoms with Crippen molar-refractivity contribution < 1.29 is 134 Å². The fourth-order valence-corrected chi connectivity index (χ4v) is 17.5. The Morgan fingerprint density at radius 2 is 1.03 bits per heavy atom. The number of hydrogen-bond donors (Lipinski definition) is 4. The normalized spacial score (nSPS) is 14.6. The Labute approximate surface area is 878 Å². The first-order valence-electron chi connectivity index (χ1n) is 52.0.